The second-order valence-electron chi connectivity index (χ2n) is 3.72. The summed E-state index contributed by atoms with van der Waals surface area (Å²) in [6, 6.07) is 7.41. The first-order valence-electron chi connectivity index (χ1n) is 4.66. The van der Waals surface area contributed by atoms with Crippen LogP contribution in [0.1, 0.15) is 5.56 Å². The molecular formula is C11H10BrNO2S. The van der Waals surface area contributed by atoms with Gasteiger partial charge in [0, 0.05) is 22.3 Å². The summed E-state index contributed by atoms with van der Waals surface area (Å²) in [5, 5.41) is 0.940. The Kier molecular flexibility index (Phi) is 2.99. The van der Waals surface area contributed by atoms with E-state index in [-0.39, 0.29) is 5.75 Å². The van der Waals surface area contributed by atoms with Crippen molar-refractivity contribution in [1.29, 1.82) is 0 Å². The molecule has 0 radical (unpaired) electrons. The summed E-state index contributed by atoms with van der Waals surface area (Å²) in [4.78, 5) is 4.22. The molecule has 2 aromatic rings. The molecule has 1 aromatic heterocycles. The number of hydrogen-bond acceptors (Lipinski definition) is 3. The third kappa shape index (κ3) is 2.59. The van der Waals surface area contributed by atoms with Crippen molar-refractivity contribution in [3.63, 3.8) is 0 Å². The van der Waals surface area contributed by atoms with E-state index >= 15 is 0 Å². The molecule has 0 fully saturated rings. The molecule has 0 aliphatic carbocycles. The summed E-state index contributed by atoms with van der Waals surface area (Å²) in [7, 11) is -3.00. The lowest BCUT2D eigenvalue weighted by atomic mass is 10.1. The lowest BCUT2D eigenvalue weighted by Gasteiger charge is -2.04. The smallest absolute Gasteiger partial charge is 0.151 e. The van der Waals surface area contributed by atoms with E-state index in [9.17, 15) is 8.42 Å². The fraction of sp³-hybridized carbons (Fsp3) is 0.182. The van der Waals surface area contributed by atoms with E-state index in [1.54, 1.807) is 12.3 Å². The molecule has 0 N–H and O–H groups in total. The van der Waals surface area contributed by atoms with Gasteiger partial charge in [0.25, 0.3) is 0 Å². The van der Waals surface area contributed by atoms with Crippen LogP contribution in [-0.2, 0) is 15.6 Å². The number of aromatic nitrogens is 1. The fourth-order valence-corrected chi connectivity index (χ4v) is 2.99. The molecule has 16 heavy (non-hydrogen) atoms. The summed E-state index contributed by atoms with van der Waals surface area (Å²) in [5.74, 6) is 0.0520. The highest BCUT2D eigenvalue weighted by molar-refractivity contribution is 9.10. The van der Waals surface area contributed by atoms with Crippen molar-refractivity contribution in [2.24, 2.45) is 0 Å². The van der Waals surface area contributed by atoms with Crippen LogP contribution in [0.5, 0.6) is 0 Å². The van der Waals surface area contributed by atoms with E-state index in [0.717, 1.165) is 20.9 Å². The lowest BCUT2D eigenvalue weighted by molar-refractivity contribution is 0.601. The summed E-state index contributed by atoms with van der Waals surface area (Å²) >= 11 is 3.40. The molecule has 0 unspecified atom stereocenters. The Morgan fingerprint density at radius 1 is 1.38 bits per heavy atom. The molecule has 0 amide bonds. The second kappa shape index (κ2) is 4.14. The highest BCUT2D eigenvalue weighted by Gasteiger charge is 2.08. The minimum Gasteiger partial charge on any atom is -0.255 e. The molecule has 0 atom stereocenters. The molecule has 0 spiro atoms. The average molecular weight is 300 g/mol. The summed E-state index contributed by atoms with van der Waals surface area (Å²) in [6.07, 6.45) is 2.94. The molecule has 0 saturated carbocycles. The Hall–Kier alpha value is -0.940. The highest BCUT2D eigenvalue weighted by Crippen LogP contribution is 2.24. The van der Waals surface area contributed by atoms with Crippen LogP contribution in [0.2, 0.25) is 0 Å². The van der Waals surface area contributed by atoms with Crippen LogP contribution in [0, 0.1) is 0 Å². The third-order valence-electron chi connectivity index (χ3n) is 2.15. The summed E-state index contributed by atoms with van der Waals surface area (Å²) in [5.41, 5.74) is 1.62. The number of benzene rings is 1. The van der Waals surface area contributed by atoms with Gasteiger partial charge in [0.1, 0.15) is 0 Å². The van der Waals surface area contributed by atoms with Crippen LogP contribution >= 0.6 is 15.9 Å². The molecule has 0 saturated heterocycles. The topological polar surface area (TPSA) is 47.0 Å². The molecular weight excluding hydrogens is 290 g/mol. The molecule has 1 aromatic carbocycles. The maximum absolute atomic E-state index is 11.2. The Morgan fingerprint density at radius 2 is 2.12 bits per heavy atom. The molecule has 0 bridgehead atoms. The van der Waals surface area contributed by atoms with Crippen molar-refractivity contribution in [2.45, 2.75) is 5.75 Å². The highest BCUT2D eigenvalue weighted by atomic mass is 79.9. The first kappa shape index (κ1) is 11.5. The van der Waals surface area contributed by atoms with Gasteiger partial charge in [-0.25, -0.2) is 8.42 Å². The number of rotatable bonds is 2. The predicted octanol–water partition coefficient (Wildman–Crippen LogP) is 2.54. The fourth-order valence-electron chi connectivity index (χ4n) is 1.59. The monoisotopic (exact) mass is 299 g/mol. The minimum absolute atomic E-state index is 0.0520. The van der Waals surface area contributed by atoms with Gasteiger partial charge >= 0.3 is 0 Å². The van der Waals surface area contributed by atoms with E-state index in [2.05, 4.69) is 20.9 Å². The zero-order valence-corrected chi connectivity index (χ0v) is 11.0. The number of sulfone groups is 1. The van der Waals surface area contributed by atoms with E-state index in [4.69, 9.17) is 0 Å². The SMILES string of the molecule is CS(=O)(=O)Cc1cc(Br)c2ncccc2c1. The van der Waals surface area contributed by atoms with Gasteiger partial charge in [-0.1, -0.05) is 6.07 Å². The van der Waals surface area contributed by atoms with Crippen LogP contribution in [0.15, 0.2) is 34.9 Å². The van der Waals surface area contributed by atoms with Crippen molar-refractivity contribution >= 4 is 36.7 Å². The van der Waals surface area contributed by atoms with Crippen molar-refractivity contribution < 1.29 is 8.42 Å². The molecule has 3 nitrogen and oxygen atoms in total. The predicted molar refractivity (Wildman–Crippen MR) is 68.0 cm³/mol. The van der Waals surface area contributed by atoms with Gasteiger partial charge in [0.2, 0.25) is 0 Å². The molecule has 0 aliphatic heterocycles. The third-order valence-corrected chi connectivity index (χ3v) is 3.61. The van der Waals surface area contributed by atoms with E-state index < -0.39 is 9.84 Å². The minimum atomic E-state index is -3.00. The van der Waals surface area contributed by atoms with Crippen molar-refractivity contribution in [1.82, 2.24) is 4.98 Å². The number of pyridine rings is 1. The molecule has 2 rings (SSSR count). The van der Waals surface area contributed by atoms with Crippen LogP contribution < -0.4 is 0 Å². The number of fused-ring (bicyclic) bond motifs is 1. The van der Waals surface area contributed by atoms with Crippen molar-refractivity contribution in [3.8, 4) is 0 Å². The largest absolute Gasteiger partial charge is 0.255 e. The van der Waals surface area contributed by atoms with Crippen LogP contribution in [-0.4, -0.2) is 19.7 Å². The van der Waals surface area contributed by atoms with Gasteiger partial charge in [-0.3, -0.25) is 4.98 Å². The average Bonchev–Trinajstić information content (AvgIpc) is 2.15. The van der Waals surface area contributed by atoms with Gasteiger partial charge < -0.3 is 0 Å². The normalized spacial score (nSPS) is 11.9. The van der Waals surface area contributed by atoms with Gasteiger partial charge in [-0.05, 0) is 39.7 Å². The number of halogens is 1. The zero-order valence-electron chi connectivity index (χ0n) is 8.64. The van der Waals surface area contributed by atoms with Crippen molar-refractivity contribution in [2.75, 3.05) is 6.26 Å². The zero-order chi connectivity index (χ0) is 11.8. The van der Waals surface area contributed by atoms with Crippen LogP contribution in [0.25, 0.3) is 10.9 Å². The Balaban J connectivity index is 2.58. The summed E-state index contributed by atoms with van der Waals surface area (Å²) in [6.45, 7) is 0. The standard InChI is InChI=1S/C11H10BrNO2S/c1-16(14,15)7-8-5-9-3-2-4-13-11(9)10(12)6-8/h2-6H,7H2,1H3. The maximum Gasteiger partial charge on any atom is 0.151 e. The molecule has 1 heterocycles. The second-order valence-corrected chi connectivity index (χ2v) is 6.72. The van der Waals surface area contributed by atoms with E-state index in [1.165, 1.54) is 6.26 Å². The first-order chi connectivity index (χ1) is 7.46. The Bertz CT molecular complexity index is 637. The van der Waals surface area contributed by atoms with Gasteiger partial charge in [-0.15, -0.1) is 0 Å². The van der Waals surface area contributed by atoms with Crippen LogP contribution in [0.4, 0.5) is 0 Å². The number of hydrogen-bond donors (Lipinski definition) is 0. The van der Waals surface area contributed by atoms with Crippen LogP contribution in [0.3, 0.4) is 0 Å². The Morgan fingerprint density at radius 3 is 2.81 bits per heavy atom. The lowest BCUT2D eigenvalue weighted by Crippen LogP contribution is -2.00. The number of nitrogens with zero attached hydrogens (tertiary/aromatic N) is 1. The summed E-state index contributed by atoms with van der Waals surface area (Å²) < 4.78 is 23.3. The maximum atomic E-state index is 11.2. The quantitative estimate of drug-likeness (QED) is 0.856. The first-order valence-corrected chi connectivity index (χ1v) is 7.52. The van der Waals surface area contributed by atoms with E-state index in [0.29, 0.717) is 0 Å². The van der Waals surface area contributed by atoms with E-state index in [1.807, 2.05) is 18.2 Å². The van der Waals surface area contributed by atoms with Gasteiger partial charge in [0.15, 0.2) is 9.84 Å². The molecule has 84 valence electrons. The van der Waals surface area contributed by atoms with Gasteiger partial charge in [0.05, 0.1) is 11.3 Å². The van der Waals surface area contributed by atoms with Crippen molar-refractivity contribution in [3.05, 3.63) is 40.5 Å². The Labute approximate surface area is 103 Å². The molecule has 5 heteroatoms. The van der Waals surface area contributed by atoms with Gasteiger partial charge in [-0.2, -0.15) is 0 Å². The molecule has 0 aliphatic rings.